The minimum absolute atomic E-state index is 0.529. The lowest BCUT2D eigenvalue weighted by atomic mass is 10.1. The molecule has 0 bridgehead atoms. The highest BCUT2D eigenvalue weighted by Gasteiger charge is 2.11. The van der Waals surface area contributed by atoms with Gasteiger partial charge in [-0.2, -0.15) is 0 Å². The van der Waals surface area contributed by atoms with Gasteiger partial charge in [0.1, 0.15) is 16.8 Å². The Morgan fingerprint density at radius 3 is 2.00 bits per heavy atom. The van der Waals surface area contributed by atoms with E-state index in [1.165, 1.54) is 12.8 Å². The molecule has 0 fully saturated rings. The number of rotatable bonds is 7. The van der Waals surface area contributed by atoms with E-state index in [2.05, 4.69) is 42.6 Å². The molecule has 0 aromatic carbocycles. The maximum atomic E-state index is 6.04. The molecule has 19 heavy (non-hydrogen) atoms. The summed E-state index contributed by atoms with van der Waals surface area (Å²) in [6.07, 6.45) is 2.33. The Morgan fingerprint density at radius 1 is 1.05 bits per heavy atom. The van der Waals surface area contributed by atoms with Crippen LogP contribution in [0.3, 0.4) is 0 Å². The van der Waals surface area contributed by atoms with Crippen LogP contribution in [-0.4, -0.2) is 23.1 Å². The third-order valence-electron chi connectivity index (χ3n) is 3.07. The van der Waals surface area contributed by atoms with E-state index in [0.717, 1.165) is 24.7 Å². The Hall–Kier alpha value is -0.830. The first-order valence-corrected chi connectivity index (χ1v) is 7.52. The normalized spacial score (nSPS) is 11.4. The van der Waals surface area contributed by atoms with Crippen molar-refractivity contribution in [1.82, 2.24) is 9.97 Å². The largest absolute Gasteiger partial charge is 0.356 e. The van der Waals surface area contributed by atoms with E-state index in [9.17, 15) is 0 Å². The molecule has 0 saturated heterocycles. The predicted molar refractivity (Wildman–Crippen MR) is 82.9 cm³/mol. The quantitative estimate of drug-likeness (QED) is 0.697. The molecule has 0 amide bonds. The topological polar surface area (TPSA) is 29.0 Å². The van der Waals surface area contributed by atoms with Gasteiger partial charge in [0.05, 0.1) is 0 Å². The van der Waals surface area contributed by atoms with E-state index < -0.39 is 0 Å². The molecule has 3 nitrogen and oxygen atoms in total. The van der Waals surface area contributed by atoms with E-state index in [-0.39, 0.29) is 0 Å². The number of aromatic nitrogens is 2. The molecule has 0 saturated carbocycles. The van der Waals surface area contributed by atoms with Gasteiger partial charge in [0, 0.05) is 19.2 Å². The van der Waals surface area contributed by atoms with E-state index in [0.29, 0.717) is 17.0 Å². The van der Waals surface area contributed by atoms with Crippen molar-refractivity contribution in [1.29, 1.82) is 0 Å². The van der Waals surface area contributed by atoms with Gasteiger partial charge < -0.3 is 4.90 Å². The van der Waals surface area contributed by atoms with E-state index >= 15 is 0 Å². The Morgan fingerprint density at radius 2 is 1.58 bits per heavy atom. The summed E-state index contributed by atoms with van der Waals surface area (Å²) in [6, 6.07) is 1.87. The molecule has 0 N–H and O–H groups in total. The molecule has 0 aliphatic rings. The van der Waals surface area contributed by atoms with Crippen LogP contribution in [0.2, 0.25) is 5.15 Å². The summed E-state index contributed by atoms with van der Waals surface area (Å²) in [5.74, 6) is 3.08. The highest BCUT2D eigenvalue weighted by molar-refractivity contribution is 6.29. The zero-order chi connectivity index (χ0) is 14.4. The predicted octanol–water partition coefficient (Wildman–Crippen LogP) is 4.34. The first kappa shape index (κ1) is 16.2. The van der Waals surface area contributed by atoms with Crippen molar-refractivity contribution >= 4 is 17.4 Å². The minimum atomic E-state index is 0.529. The molecule has 0 spiro atoms. The zero-order valence-electron chi connectivity index (χ0n) is 12.8. The molecule has 1 aromatic heterocycles. The summed E-state index contributed by atoms with van der Waals surface area (Å²) in [5.41, 5.74) is 0. The third-order valence-corrected chi connectivity index (χ3v) is 3.26. The van der Waals surface area contributed by atoms with Gasteiger partial charge in [0.2, 0.25) is 0 Å². The SMILES string of the molecule is Cc1nc(Cl)cc(N(CCC(C)C)CCC(C)C)n1. The number of hydrogen-bond donors (Lipinski definition) is 0. The van der Waals surface area contributed by atoms with Gasteiger partial charge in [-0.3, -0.25) is 0 Å². The van der Waals surface area contributed by atoms with Crippen LogP contribution in [0.4, 0.5) is 5.82 Å². The molecule has 4 heteroatoms. The summed E-state index contributed by atoms with van der Waals surface area (Å²) < 4.78 is 0. The Balaban J connectivity index is 2.80. The van der Waals surface area contributed by atoms with Crippen LogP contribution in [0.5, 0.6) is 0 Å². The van der Waals surface area contributed by atoms with Gasteiger partial charge in [-0.25, -0.2) is 9.97 Å². The van der Waals surface area contributed by atoms with Gasteiger partial charge in [-0.1, -0.05) is 39.3 Å². The lowest BCUT2D eigenvalue weighted by Gasteiger charge is -2.25. The van der Waals surface area contributed by atoms with Crippen molar-refractivity contribution in [3.8, 4) is 0 Å². The average Bonchev–Trinajstić information content (AvgIpc) is 2.26. The molecule has 1 heterocycles. The Labute approximate surface area is 122 Å². The molecule has 0 atom stereocenters. The van der Waals surface area contributed by atoms with Crippen LogP contribution in [0, 0.1) is 18.8 Å². The Kier molecular flexibility index (Phi) is 6.56. The van der Waals surface area contributed by atoms with Crippen LogP contribution in [-0.2, 0) is 0 Å². The highest BCUT2D eigenvalue weighted by Crippen LogP contribution is 2.18. The van der Waals surface area contributed by atoms with Gasteiger partial charge in [0.15, 0.2) is 0 Å². The van der Waals surface area contributed by atoms with E-state index in [1.807, 2.05) is 13.0 Å². The molecule has 0 unspecified atom stereocenters. The van der Waals surface area contributed by atoms with Crippen LogP contribution >= 0.6 is 11.6 Å². The first-order chi connectivity index (χ1) is 8.88. The Bertz CT molecular complexity index is 359. The van der Waals surface area contributed by atoms with E-state index in [4.69, 9.17) is 11.6 Å². The lowest BCUT2D eigenvalue weighted by Crippen LogP contribution is -2.28. The monoisotopic (exact) mass is 283 g/mol. The van der Waals surface area contributed by atoms with Crippen LogP contribution < -0.4 is 4.90 Å². The van der Waals surface area contributed by atoms with Crippen LogP contribution in [0.25, 0.3) is 0 Å². The molecular formula is C15H26ClN3. The average molecular weight is 284 g/mol. The van der Waals surface area contributed by atoms with Gasteiger partial charge in [-0.15, -0.1) is 0 Å². The fraction of sp³-hybridized carbons (Fsp3) is 0.733. The zero-order valence-corrected chi connectivity index (χ0v) is 13.5. The van der Waals surface area contributed by atoms with Crippen molar-refractivity contribution in [2.75, 3.05) is 18.0 Å². The molecule has 0 radical (unpaired) electrons. The van der Waals surface area contributed by atoms with Crippen molar-refractivity contribution in [3.63, 3.8) is 0 Å². The fourth-order valence-electron chi connectivity index (χ4n) is 1.85. The first-order valence-electron chi connectivity index (χ1n) is 7.14. The van der Waals surface area contributed by atoms with Crippen molar-refractivity contribution in [2.24, 2.45) is 11.8 Å². The number of nitrogens with zero attached hydrogens (tertiary/aromatic N) is 3. The standard InChI is InChI=1S/C15H26ClN3/c1-11(2)6-8-19(9-7-12(3)4)15-10-14(16)17-13(5)18-15/h10-12H,6-9H2,1-5H3. The summed E-state index contributed by atoms with van der Waals surface area (Å²) >= 11 is 6.04. The fourth-order valence-corrected chi connectivity index (χ4v) is 2.07. The summed E-state index contributed by atoms with van der Waals surface area (Å²) in [4.78, 5) is 11.0. The highest BCUT2D eigenvalue weighted by atomic mass is 35.5. The summed E-state index contributed by atoms with van der Waals surface area (Å²) in [7, 11) is 0. The van der Waals surface area contributed by atoms with Gasteiger partial charge >= 0.3 is 0 Å². The summed E-state index contributed by atoms with van der Waals surface area (Å²) in [5, 5.41) is 0.529. The molecule has 108 valence electrons. The maximum absolute atomic E-state index is 6.04. The van der Waals surface area contributed by atoms with Gasteiger partial charge in [0.25, 0.3) is 0 Å². The maximum Gasteiger partial charge on any atom is 0.134 e. The van der Waals surface area contributed by atoms with E-state index in [1.54, 1.807) is 0 Å². The third kappa shape index (κ3) is 6.24. The molecule has 1 aromatic rings. The molecular weight excluding hydrogens is 258 g/mol. The molecule has 1 rings (SSSR count). The van der Waals surface area contributed by atoms with Gasteiger partial charge in [-0.05, 0) is 31.6 Å². The molecule has 0 aliphatic heterocycles. The van der Waals surface area contributed by atoms with Crippen molar-refractivity contribution < 1.29 is 0 Å². The number of halogens is 1. The summed E-state index contributed by atoms with van der Waals surface area (Å²) in [6.45, 7) is 12.9. The number of anilines is 1. The minimum Gasteiger partial charge on any atom is -0.356 e. The second-order valence-electron chi connectivity index (χ2n) is 5.95. The second-order valence-corrected chi connectivity index (χ2v) is 6.34. The second kappa shape index (κ2) is 7.68. The number of hydrogen-bond acceptors (Lipinski definition) is 3. The van der Waals surface area contributed by atoms with Crippen LogP contribution in [0.1, 0.15) is 46.4 Å². The van der Waals surface area contributed by atoms with Crippen molar-refractivity contribution in [3.05, 3.63) is 17.0 Å². The number of aryl methyl sites for hydroxylation is 1. The molecule has 0 aliphatic carbocycles. The smallest absolute Gasteiger partial charge is 0.134 e. The van der Waals surface area contributed by atoms with Crippen LogP contribution in [0.15, 0.2) is 6.07 Å². The van der Waals surface area contributed by atoms with Crippen molar-refractivity contribution in [2.45, 2.75) is 47.5 Å². The lowest BCUT2D eigenvalue weighted by molar-refractivity contribution is 0.532.